The van der Waals surface area contributed by atoms with Gasteiger partial charge < -0.3 is 10.2 Å². The molecule has 1 aliphatic heterocycles. The quantitative estimate of drug-likeness (QED) is 0.910. The van der Waals surface area contributed by atoms with Gasteiger partial charge in [-0.15, -0.1) is 0 Å². The summed E-state index contributed by atoms with van der Waals surface area (Å²) >= 11 is 0. The molecular formula is C19H24N2O2. The van der Waals surface area contributed by atoms with Gasteiger partial charge in [-0.2, -0.15) is 0 Å². The summed E-state index contributed by atoms with van der Waals surface area (Å²) in [5.41, 5.74) is 2.66. The number of aryl methyl sites for hydroxylation is 1. The molecule has 0 unspecified atom stereocenters. The molecule has 2 aromatic rings. The van der Waals surface area contributed by atoms with Crippen LogP contribution in [-0.4, -0.2) is 33.2 Å². The maximum atomic E-state index is 11.1. The molecule has 1 saturated heterocycles. The van der Waals surface area contributed by atoms with Crippen molar-refractivity contribution >= 4 is 0 Å². The molecule has 0 bridgehead atoms. The van der Waals surface area contributed by atoms with Crippen molar-refractivity contribution in [3.63, 3.8) is 0 Å². The van der Waals surface area contributed by atoms with E-state index >= 15 is 0 Å². The second-order valence-electron chi connectivity index (χ2n) is 6.40. The van der Waals surface area contributed by atoms with Gasteiger partial charge >= 0.3 is 0 Å². The Morgan fingerprint density at radius 3 is 2.43 bits per heavy atom. The Kier molecular flexibility index (Phi) is 4.76. The largest absolute Gasteiger partial charge is 0.390 e. The number of aromatic nitrogens is 1. The highest BCUT2D eigenvalue weighted by Crippen LogP contribution is 2.35. The molecule has 2 N–H and O–H groups in total. The zero-order chi connectivity index (χ0) is 16.3. The Hall–Kier alpha value is -1.75. The lowest BCUT2D eigenvalue weighted by Gasteiger charge is -2.39. The van der Waals surface area contributed by atoms with Crippen molar-refractivity contribution in [1.82, 2.24) is 9.88 Å². The van der Waals surface area contributed by atoms with Gasteiger partial charge in [0.15, 0.2) is 0 Å². The van der Waals surface area contributed by atoms with Crippen LogP contribution in [0.25, 0.3) is 0 Å². The lowest BCUT2D eigenvalue weighted by molar-refractivity contribution is -0.0294. The number of aliphatic hydroxyl groups excluding tert-OH is 1. The van der Waals surface area contributed by atoms with Crippen LogP contribution in [-0.2, 0) is 18.8 Å². The summed E-state index contributed by atoms with van der Waals surface area (Å²) in [5, 5.41) is 20.6. The molecule has 4 nitrogen and oxygen atoms in total. The number of nitrogens with zero attached hydrogens (tertiary/aromatic N) is 2. The molecule has 0 radical (unpaired) electrons. The highest BCUT2D eigenvalue weighted by molar-refractivity contribution is 5.29. The first-order chi connectivity index (χ1) is 11.1. The molecule has 0 aliphatic carbocycles. The van der Waals surface area contributed by atoms with Crippen molar-refractivity contribution < 1.29 is 10.2 Å². The molecule has 2 heterocycles. The predicted molar refractivity (Wildman–Crippen MR) is 89.7 cm³/mol. The molecule has 0 amide bonds. The van der Waals surface area contributed by atoms with Gasteiger partial charge in [0.2, 0.25) is 0 Å². The molecular weight excluding hydrogens is 288 g/mol. The van der Waals surface area contributed by atoms with Crippen LogP contribution in [0.15, 0.2) is 42.5 Å². The van der Waals surface area contributed by atoms with Crippen LogP contribution in [0.4, 0.5) is 0 Å². The molecule has 1 aromatic carbocycles. The zero-order valence-corrected chi connectivity index (χ0v) is 13.6. The average Bonchev–Trinajstić information content (AvgIpc) is 2.58. The smallest absolute Gasteiger partial charge is 0.0939 e. The van der Waals surface area contributed by atoms with E-state index in [1.54, 1.807) is 0 Å². The summed E-state index contributed by atoms with van der Waals surface area (Å²) < 4.78 is 0. The second-order valence-corrected chi connectivity index (χ2v) is 6.40. The van der Waals surface area contributed by atoms with Gasteiger partial charge in [-0.3, -0.25) is 9.88 Å². The average molecular weight is 312 g/mol. The third-order valence-corrected chi connectivity index (χ3v) is 4.70. The summed E-state index contributed by atoms with van der Waals surface area (Å²) in [4.78, 5) is 6.74. The summed E-state index contributed by atoms with van der Waals surface area (Å²) in [6, 6.07) is 14.2. The number of hydrogen-bond acceptors (Lipinski definition) is 4. The van der Waals surface area contributed by atoms with Crippen LogP contribution in [0.1, 0.15) is 35.4 Å². The fourth-order valence-electron chi connectivity index (χ4n) is 3.35. The molecule has 4 heteroatoms. The number of pyridine rings is 1. The summed E-state index contributed by atoms with van der Waals surface area (Å²) in [6.07, 6.45) is 1.33. The third kappa shape index (κ3) is 3.61. The van der Waals surface area contributed by atoms with Crippen molar-refractivity contribution in [3.8, 4) is 0 Å². The van der Waals surface area contributed by atoms with Gasteiger partial charge in [0.05, 0.1) is 17.9 Å². The van der Waals surface area contributed by atoms with Crippen LogP contribution in [0.3, 0.4) is 0 Å². The van der Waals surface area contributed by atoms with E-state index in [9.17, 15) is 10.2 Å². The SMILES string of the molecule is Cc1ccc(C2(O)CCN(Cc3ccccc3)CC2)c(CO)n1. The van der Waals surface area contributed by atoms with Crippen molar-refractivity contribution in [3.05, 3.63) is 65.0 Å². The number of benzene rings is 1. The highest BCUT2D eigenvalue weighted by atomic mass is 16.3. The lowest BCUT2D eigenvalue weighted by atomic mass is 9.83. The Labute approximate surface area is 137 Å². The van der Waals surface area contributed by atoms with Crippen LogP contribution in [0.5, 0.6) is 0 Å². The van der Waals surface area contributed by atoms with E-state index in [1.807, 2.05) is 25.1 Å². The Morgan fingerprint density at radius 2 is 1.78 bits per heavy atom. The number of rotatable bonds is 4. The highest BCUT2D eigenvalue weighted by Gasteiger charge is 2.35. The van der Waals surface area contributed by atoms with Gasteiger partial charge in [-0.1, -0.05) is 36.4 Å². The predicted octanol–water partition coefficient (Wildman–Crippen LogP) is 2.37. The van der Waals surface area contributed by atoms with E-state index in [1.165, 1.54) is 5.56 Å². The molecule has 0 spiro atoms. The van der Waals surface area contributed by atoms with Crippen molar-refractivity contribution in [2.24, 2.45) is 0 Å². The minimum atomic E-state index is -0.883. The first-order valence-corrected chi connectivity index (χ1v) is 8.17. The fraction of sp³-hybridized carbons (Fsp3) is 0.421. The minimum absolute atomic E-state index is 0.132. The van der Waals surface area contributed by atoms with Gasteiger partial charge in [0, 0.05) is 30.9 Å². The first kappa shape index (κ1) is 16.1. The minimum Gasteiger partial charge on any atom is -0.390 e. The van der Waals surface area contributed by atoms with E-state index in [0.717, 1.165) is 30.9 Å². The summed E-state index contributed by atoms with van der Waals surface area (Å²) in [5.74, 6) is 0. The van der Waals surface area contributed by atoms with E-state index < -0.39 is 5.60 Å². The molecule has 0 atom stereocenters. The Morgan fingerprint density at radius 1 is 1.09 bits per heavy atom. The van der Waals surface area contributed by atoms with Gasteiger partial charge in [0.1, 0.15) is 0 Å². The molecule has 23 heavy (non-hydrogen) atoms. The molecule has 122 valence electrons. The van der Waals surface area contributed by atoms with Crippen LogP contribution in [0, 0.1) is 6.92 Å². The number of likely N-dealkylation sites (tertiary alicyclic amines) is 1. The monoisotopic (exact) mass is 312 g/mol. The van der Waals surface area contributed by atoms with E-state index in [0.29, 0.717) is 18.5 Å². The first-order valence-electron chi connectivity index (χ1n) is 8.17. The molecule has 0 saturated carbocycles. The molecule has 1 aromatic heterocycles. The Bertz CT molecular complexity index is 650. The normalized spacial score (nSPS) is 18.0. The van der Waals surface area contributed by atoms with Crippen molar-refractivity contribution in [1.29, 1.82) is 0 Å². The maximum Gasteiger partial charge on any atom is 0.0939 e. The van der Waals surface area contributed by atoms with Gasteiger partial charge in [0.25, 0.3) is 0 Å². The molecule has 1 aliphatic rings. The van der Waals surface area contributed by atoms with Gasteiger partial charge in [-0.05, 0) is 31.4 Å². The van der Waals surface area contributed by atoms with E-state index in [2.05, 4.69) is 34.1 Å². The fourth-order valence-corrected chi connectivity index (χ4v) is 3.35. The summed E-state index contributed by atoms with van der Waals surface area (Å²) in [7, 11) is 0. The molecule has 3 rings (SSSR count). The number of aliphatic hydroxyl groups is 2. The zero-order valence-electron chi connectivity index (χ0n) is 13.6. The van der Waals surface area contributed by atoms with Crippen LogP contribution >= 0.6 is 0 Å². The lowest BCUT2D eigenvalue weighted by Crippen LogP contribution is -2.42. The van der Waals surface area contributed by atoms with Gasteiger partial charge in [-0.25, -0.2) is 0 Å². The topological polar surface area (TPSA) is 56.6 Å². The van der Waals surface area contributed by atoms with Crippen LogP contribution in [0.2, 0.25) is 0 Å². The Balaban J connectivity index is 1.70. The van der Waals surface area contributed by atoms with Crippen molar-refractivity contribution in [2.75, 3.05) is 13.1 Å². The van der Waals surface area contributed by atoms with E-state index in [4.69, 9.17) is 0 Å². The second kappa shape index (κ2) is 6.79. The maximum absolute atomic E-state index is 11.1. The number of hydrogen-bond donors (Lipinski definition) is 2. The van der Waals surface area contributed by atoms with Crippen molar-refractivity contribution in [2.45, 2.75) is 38.5 Å². The number of piperidine rings is 1. The third-order valence-electron chi connectivity index (χ3n) is 4.70. The summed E-state index contributed by atoms with van der Waals surface area (Å²) in [6.45, 7) is 4.35. The van der Waals surface area contributed by atoms with Crippen LogP contribution < -0.4 is 0 Å². The van der Waals surface area contributed by atoms with E-state index in [-0.39, 0.29) is 6.61 Å². The standard InChI is InChI=1S/C19H24N2O2/c1-15-7-8-17(18(14-22)20-15)19(23)9-11-21(12-10-19)13-16-5-3-2-4-6-16/h2-8,22-23H,9-14H2,1H3. The molecule has 1 fully saturated rings.